The number of nitrogens with zero attached hydrogens (tertiary/aromatic N) is 1. The van der Waals surface area contributed by atoms with Gasteiger partial charge in [0.15, 0.2) is 0 Å². The summed E-state index contributed by atoms with van der Waals surface area (Å²) in [5, 5.41) is 16.3. The van der Waals surface area contributed by atoms with Crippen molar-refractivity contribution in [2.24, 2.45) is 0 Å². The van der Waals surface area contributed by atoms with E-state index in [1.54, 1.807) is 37.7 Å². The summed E-state index contributed by atoms with van der Waals surface area (Å²) in [6.07, 6.45) is 1.90. The van der Waals surface area contributed by atoms with Gasteiger partial charge in [-0.2, -0.15) is 11.8 Å². The van der Waals surface area contributed by atoms with Gasteiger partial charge in [0.2, 0.25) is 0 Å². The van der Waals surface area contributed by atoms with E-state index in [1.165, 1.54) is 6.07 Å². The Morgan fingerprint density at radius 2 is 2.12 bits per heavy atom. The van der Waals surface area contributed by atoms with Crippen LogP contribution in [0.15, 0.2) is 29.5 Å². The molecule has 134 valence electrons. The summed E-state index contributed by atoms with van der Waals surface area (Å²) in [6.45, 7) is 3.46. The van der Waals surface area contributed by atoms with E-state index >= 15 is 0 Å². The first-order valence-corrected chi connectivity index (χ1v) is 8.93. The molecule has 0 radical (unpaired) electrons. The fourth-order valence-electron chi connectivity index (χ4n) is 2.51. The van der Waals surface area contributed by atoms with E-state index in [-0.39, 0.29) is 17.9 Å². The molecule has 2 N–H and O–H groups in total. The topological polar surface area (TPSA) is 111 Å². The molecule has 0 saturated carbocycles. The van der Waals surface area contributed by atoms with Crippen LogP contribution < -0.4 is 10.6 Å². The minimum Gasteiger partial charge on any atom is -0.461 e. The number of carbonyl (C=O) groups excluding carboxylic acids is 2. The van der Waals surface area contributed by atoms with Crippen LogP contribution in [-0.2, 0) is 9.53 Å². The van der Waals surface area contributed by atoms with E-state index in [9.17, 15) is 19.7 Å². The molecule has 8 nitrogen and oxygen atoms in total. The molecule has 0 aliphatic carbocycles. The minimum absolute atomic E-state index is 0.0713. The standard InChI is InChI=1S/C16H19N3O5S/c1-9-4-5-11(8-12(9)19(22)23)14-13(10(2)17-16(21)18-14)15(20)24-6-7-25-3/h4-5,8,14H,6-7H2,1-3H3,(H2,17,18,21)/t14-/m1/s1. The number of carbonyl (C=O) groups is 2. The lowest BCUT2D eigenvalue weighted by molar-refractivity contribution is -0.385. The number of nitro groups is 1. The zero-order valence-electron chi connectivity index (χ0n) is 14.1. The van der Waals surface area contributed by atoms with Crippen molar-refractivity contribution >= 4 is 29.4 Å². The Bertz CT molecular complexity index is 747. The molecule has 25 heavy (non-hydrogen) atoms. The average Bonchev–Trinajstić information content (AvgIpc) is 2.54. The second-order valence-electron chi connectivity index (χ2n) is 5.50. The molecule has 1 aliphatic heterocycles. The number of benzene rings is 1. The van der Waals surface area contributed by atoms with E-state index in [4.69, 9.17) is 4.74 Å². The maximum atomic E-state index is 12.4. The molecule has 2 amide bonds. The van der Waals surface area contributed by atoms with Crippen LogP contribution in [-0.4, -0.2) is 35.5 Å². The number of amides is 2. The van der Waals surface area contributed by atoms with Gasteiger partial charge in [-0.25, -0.2) is 9.59 Å². The van der Waals surface area contributed by atoms with Gasteiger partial charge in [0.05, 0.1) is 16.5 Å². The van der Waals surface area contributed by atoms with E-state index < -0.39 is 23.0 Å². The van der Waals surface area contributed by atoms with Crippen LogP contribution in [0.25, 0.3) is 0 Å². The summed E-state index contributed by atoms with van der Waals surface area (Å²) in [5.41, 5.74) is 1.48. The highest BCUT2D eigenvalue weighted by molar-refractivity contribution is 7.98. The van der Waals surface area contributed by atoms with Gasteiger partial charge in [0.25, 0.3) is 5.69 Å². The van der Waals surface area contributed by atoms with Gasteiger partial charge < -0.3 is 15.4 Å². The second-order valence-corrected chi connectivity index (χ2v) is 6.49. The molecule has 1 heterocycles. The number of rotatable bonds is 6. The van der Waals surface area contributed by atoms with Gasteiger partial charge >= 0.3 is 12.0 Å². The summed E-state index contributed by atoms with van der Waals surface area (Å²) in [4.78, 5) is 35.0. The van der Waals surface area contributed by atoms with Crippen molar-refractivity contribution in [1.82, 2.24) is 10.6 Å². The highest BCUT2D eigenvalue weighted by Crippen LogP contribution is 2.31. The van der Waals surface area contributed by atoms with Crippen molar-refractivity contribution in [2.75, 3.05) is 18.6 Å². The molecule has 0 aromatic heterocycles. The Hall–Kier alpha value is -2.55. The van der Waals surface area contributed by atoms with E-state index in [1.807, 2.05) is 6.26 Å². The smallest absolute Gasteiger partial charge is 0.338 e. The second kappa shape index (κ2) is 8.02. The predicted molar refractivity (Wildman–Crippen MR) is 94.3 cm³/mol. The Morgan fingerprint density at radius 1 is 1.40 bits per heavy atom. The number of esters is 1. The van der Waals surface area contributed by atoms with Crippen molar-refractivity contribution in [3.05, 3.63) is 50.7 Å². The summed E-state index contributed by atoms with van der Waals surface area (Å²) in [7, 11) is 0. The Morgan fingerprint density at radius 3 is 2.76 bits per heavy atom. The fraction of sp³-hybridized carbons (Fsp3) is 0.375. The number of aryl methyl sites for hydroxylation is 1. The third kappa shape index (κ3) is 4.30. The van der Waals surface area contributed by atoms with Gasteiger partial charge in [-0.15, -0.1) is 0 Å². The van der Waals surface area contributed by atoms with Gasteiger partial charge in [-0.3, -0.25) is 10.1 Å². The van der Waals surface area contributed by atoms with Crippen LogP contribution in [0.1, 0.15) is 24.1 Å². The van der Waals surface area contributed by atoms with Crippen molar-refractivity contribution in [1.29, 1.82) is 0 Å². The predicted octanol–water partition coefficient (Wildman–Crippen LogP) is 2.44. The molecule has 2 rings (SSSR count). The summed E-state index contributed by atoms with van der Waals surface area (Å²) < 4.78 is 5.24. The fourth-order valence-corrected chi connectivity index (χ4v) is 2.76. The van der Waals surface area contributed by atoms with Crippen molar-refractivity contribution in [3.63, 3.8) is 0 Å². The van der Waals surface area contributed by atoms with Crippen molar-refractivity contribution < 1.29 is 19.2 Å². The van der Waals surface area contributed by atoms with Gasteiger partial charge in [-0.1, -0.05) is 12.1 Å². The monoisotopic (exact) mass is 365 g/mol. The quantitative estimate of drug-likeness (QED) is 0.347. The first-order chi connectivity index (χ1) is 11.8. The number of ether oxygens (including phenoxy) is 1. The van der Waals surface area contributed by atoms with Gasteiger partial charge in [-0.05, 0) is 25.7 Å². The number of nitro benzene ring substituents is 1. The first-order valence-electron chi connectivity index (χ1n) is 7.54. The van der Waals surface area contributed by atoms with Crippen molar-refractivity contribution in [3.8, 4) is 0 Å². The number of hydrogen-bond donors (Lipinski definition) is 2. The zero-order chi connectivity index (χ0) is 18.6. The number of urea groups is 1. The third-order valence-electron chi connectivity index (χ3n) is 3.77. The zero-order valence-corrected chi connectivity index (χ0v) is 14.9. The van der Waals surface area contributed by atoms with Crippen LogP contribution in [0.3, 0.4) is 0 Å². The molecular weight excluding hydrogens is 346 g/mol. The summed E-state index contributed by atoms with van der Waals surface area (Å²) in [6, 6.07) is 3.32. The number of nitrogens with one attached hydrogen (secondary N) is 2. The Labute approximate surface area is 149 Å². The summed E-state index contributed by atoms with van der Waals surface area (Å²) in [5.74, 6) is 0.0886. The van der Waals surface area contributed by atoms with Crippen LogP contribution in [0, 0.1) is 17.0 Å². The lowest BCUT2D eigenvalue weighted by atomic mass is 9.94. The number of hydrogen-bond acceptors (Lipinski definition) is 6. The molecule has 1 aromatic carbocycles. The Kier molecular flexibility index (Phi) is 6.02. The van der Waals surface area contributed by atoms with Crippen LogP contribution >= 0.6 is 11.8 Å². The molecule has 9 heteroatoms. The van der Waals surface area contributed by atoms with Crippen LogP contribution in [0.4, 0.5) is 10.5 Å². The molecular formula is C16H19N3O5S. The van der Waals surface area contributed by atoms with E-state index in [0.29, 0.717) is 22.6 Å². The highest BCUT2D eigenvalue weighted by Gasteiger charge is 2.33. The van der Waals surface area contributed by atoms with Crippen molar-refractivity contribution in [2.45, 2.75) is 19.9 Å². The normalized spacial score (nSPS) is 16.9. The molecule has 1 aromatic rings. The minimum atomic E-state index is -0.810. The van der Waals surface area contributed by atoms with Gasteiger partial charge in [0, 0.05) is 23.1 Å². The highest BCUT2D eigenvalue weighted by atomic mass is 32.2. The largest absolute Gasteiger partial charge is 0.461 e. The molecule has 0 saturated heterocycles. The summed E-state index contributed by atoms with van der Waals surface area (Å²) >= 11 is 1.54. The van der Waals surface area contributed by atoms with Crippen LogP contribution in [0.5, 0.6) is 0 Å². The average molecular weight is 365 g/mol. The molecule has 1 atom stereocenters. The lowest BCUT2D eigenvalue weighted by Crippen LogP contribution is -2.45. The Balaban J connectivity index is 2.40. The first kappa shape index (κ1) is 18.8. The molecule has 0 spiro atoms. The van der Waals surface area contributed by atoms with E-state index in [0.717, 1.165) is 0 Å². The molecule has 0 unspecified atom stereocenters. The number of allylic oxidation sites excluding steroid dienone is 1. The maximum Gasteiger partial charge on any atom is 0.338 e. The van der Waals surface area contributed by atoms with E-state index in [2.05, 4.69) is 10.6 Å². The number of thioether (sulfide) groups is 1. The maximum absolute atomic E-state index is 12.4. The SMILES string of the molecule is CSCCOC(=O)C1=C(C)NC(=O)N[C@@H]1c1ccc(C)c([N+](=O)[O-])c1. The van der Waals surface area contributed by atoms with Gasteiger partial charge in [0.1, 0.15) is 6.61 Å². The molecule has 1 aliphatic rings. The van der Waals surface area contributed by atoms with Crippen LogP contribution in [0.2, 0.25) is 0 Å². The lowest BCUT2D eigenvalue weighted by Gasteiger charge is -2.28. The third-order valence-corrected chi connectivity index (χ3v) is 4.35. The molecule has 0 bridgehead atoms. The molecule has 0 fully saturated rings.